The van der Waals surface area contributed by atoms with E-state index in [-0.39, 0.29) is 22.7 Å². The van der Waals surface area contributed by atoms with Gasteiger partial charge in [0.25, 0.3) is 0 Å². The average Bonchev–Trinajstić information content (AvgIpc) is 3.22. The van der Waals surface area contributed by atoms with Crippen LogP contribution in [0.25, 0.3) is 0 Å². The zero-order chi connectivity index (χ0) is 29.7. The van der Waals surface area contributed by atoms with Crippen molar-refractivity contribution in [2.75, 3.05) is 26.2 Å². The SMILES string of the molecule is CC(C)(C)c1cc(C=NC(c2ccccc2O)c2ccccc2O)c(O)c(CCCN2CCC[N+]3=C2CCCCC3)c1. The highest BCUT2D eigenvalue weighted by Crippen LogP contribution is 2.37. The third kappa shape index (κ3) is 6.80. The Bertz CT molecular complexity index is 1410. The van der Waals surface area contributed by atoms with Crippen molar-refractivity contribution < 1.29 is 19.9 Å². The molecule has 0 fully saturated rings. The van der Waals surface area contributed by atoms with Crippen LogP contribution in [-0.4, -0.2) is 63.0 Å². The first-order valence-electron chi connectivity index (χ1n) is 15.5. The Kier molecular flexibility index (Phi) is 9.20. The molecule has 5 rings (SSSR count). The fourth-order valence-electron chi connectivity index (χ4n) is 6.29. The number of nitrogens with zero attached hydrogens (tertiary/aromatic N) is 3. The van der Waals surface area contributed by atoms with Crippen molar-refractivity contribution in [2.45, 2.75) is 77.2 Å². The number of hydrogen-bond donors (Lipinski definition) is 3. The summed E-state index contributed by atoms with van der Waals surface area (Å²) in [6.45, 7) is 11.0. The van der Waals surface area contributed by atoms with Crippen molar-refractivity contribution in [2.24, 2.45) is 4.99 Å². The molecule has 3 aromatic carbocycles. The van der Waals surface area contributed by atoms with E-state index in [2.05, 4.69) is 36.3 Å². The van der Waals surface area contributed by atoms with Gasteiger partial charge < -0.3 is 15.3 Å². The van der Waals surface area contributed by atoms with Gasteiger partial charge in [0.1, 0.15) is 23.3 Å². The Balaban J connectivity index is 1.43. The number of benzene rings is 3. The van der Waals surface area contributed by atoms with E-state index >= 15 is 0 Å². The number of amidine groups is 1. The number of aliphatic imine (C=N–C) groups is 1. The van der Waals surface area contributed by atoms with E-state index in [1.54, 1.807) is 30.5 Å². The van der Waals surface area contributed by atoms with Gasteiger partial charge in [-0.1, -0.05) is 63.2 Å². The van der Waals surface area contributed by atoms with Crippen molar-refractivity contribution >= 4 is 12.1 Å². The third-order valence-corrected chi connectivity index (χ3v) is 8.70. The maximum absolute atomic E-state index is 11.5. The van der Waals surface area contributed by atoms with Crippen LogP contribution in [0.3, 0.4) is 0 Å². The van der Waals surface area contributed by atoms with E-state index in [9.17, 15) is 15.3 Å². The number of aryl methyl sites for hydroxylation is 1. The summed E-state index contributed by atoms with van der Waals surface area (Å²) in [7, 11) is 0. The second-order valence-electron chi connectivity index (χ2n) is 12.8. The van der Waals surface area contributed by atoms with E-state index < -0.39 is 6.04 Å². The molecule has 3 N–H and O–H groups in total. The van der Waals surface area contributed by atoms with Crippen LogP contribution < -0.4 is 0 Å². The minimum Gasteiger partial charge on any atom is -0.508 e. The lowest BCUT2D eigenvalue weighted by Gasteiger charge is -2.26. The van der Waals surface area contributed by atoms with Gasteiger partial charge in [-0.2, -0.15) is 0 Å². The third-order valence-electron chi connectivity index (χ3n) is 8.70. The van der Waals surface area contributed by atoms with Gasteiger partial charge in [0.05, 0.1) is 26.2 Å². The van der Waals surface area contributed by atoms with Gasteiger partial charge in [-0.3, -0.25) is 14.5 Å². The average molecular weight is 569 g/mol. The molecule has 0 spiro atoms. The Morgan fingerprint density at radius 1 is 0.881 bits per heavy atom. The highest BCUT2D eigenvalue weighted by molar-refractivity contribution is 5.85. The molecule has 0 amide bonds. The fraction of sp³-hybridized carbons (Fsp3) is 0.444. The molecule has 0 saturated carbocycles. The fourth-order valence-corrected chi connectivity index (χ4v) is 6.29. The minimum atomic E-state index is -0.632. The van der Waals surface area contributed by atoms with Crippen molar-refractivity contribution in [1.82, 2.24) is 4.90 Å². The summed E-state index contributed by atoms with van der Waals surface area (Å²) in [5.74, 6) is 2.00. The molecular formula is C36H46N3O3+. The van der Waals surface area contributed by atoms with Gasteiger partial charge in [-0.25, -0.2) is 0 Å². The highest BCUT2D eigenvalue weighted by Gasteiger charge is 2.28. The predicted molar refractivity (Wildman–Crippen MR) is 170 cm³/mol. The van der Waals surface area contributed by atoms with Crippen LogP contribution in [0, 0.1) is 0 Å². The quantitative estimate of drug-likeness (QED) is 0.203. The molecule has 0 aliphatic carbocycles. The summed E-state index contributed by atoms with van der Waals surface area (Å²) in [5, 5.41) is 32.8. The minimum absolute atomic E-state index is 0.108. The lowest BCUT2D eigenvalue weighted by atomic mass is 9.84. The molecule has 0 unspecified atom stereocenters. The summed E-state index contributed by atoms with van der Waals surface area (Å²) in [5.41, 5.74) is 3.80. The Morgan fingerprint density at radius 2 is 1.55 bits per heavy atom. The molecule has 6 nitrogen and oxygen atoms in total. The van der Waals surface area contributed by atoms with E-state index in [1.807, 2.05) is 30.3 Å². The summed E-state index contributed by atoms with van der Waals surface area (Å²) in [4.78, 5) is 7.46. The predicted octanol–water partition coefficient (Wildman–Crippen LogP) is 6.93. The number of hydrogen-bond acceptors (Lipinski definition) is 5. The summed E-state index contributed by atoms with van der Waals surface area (Å²) in [6.07, 6.45) is 9.73. The second kappa shape index (κ2) is 13.0. The van der Waals surface area contributed by atoms with E-state index in [1.165, 1.54) is 51.0 Å². The number of phenols is 3. The van der Waals surface area contributed by atoms with E-state index in [0.717, 1.165) is 37.1 Å². The number of aromatic hydroxyl groups is 3. The molecule has 6 heteroatoms. The van der Waals surface area contributed by atoms with Gasteiger partial charge in [-0.05, 0) is 66.8 Å². The Hall–Kier alpha value is -3.80. The monoisotopic (exact) mass is 568 g/mol. The molecule has 0 radical (unpaired) electrons. The maximum Gasteiger partial charge on any atom is 0.246 e. The zero-order valence-electron chi connectivity index (χ0n) is 25.4. The molecule has 2 aliphatic rings. The van der Waals surface area contributed by atoms with E-state index in [4.69, 9.17) is 4.99 Å². The normalized spacial score (nSPS) is 16.2. The van der Waals surface area contributed by atoms with Gasteiger partial charge >= 0.3 is 0 Å². The molecule has 0 saturated heterocycles. The summed E-state index contributed by atoms with van der Waals surface area (Å²) < 4.78 is 2.61. The molecule has 2 aliphatic heterocycles. The van der Waals surface area contributed by atoms with Gasteiger partial charge in [0.15, 0.2) is 0 Å². The lowest BCUT2D eigenvalue weighted by Crippen LogP contribution is -2.44. The van der Waals surface area contributed by atoms with Crippen molar-refractivity contribution in [3.05, 3.63) is 88.5 Å². The first-order chi connectivity index (χ1) is 20.2. The van der Waals surface area contributed by atoms with Crippen LogP contribution in [0.1, 0.15) is 93.2 Å². The number of para-hydroxylation sites is 2. The van der Waals surface area contributed by atoms with Crippen LogP contribution in [0.15, 0.2) is 65.7 Å². The molecule has 0 atom stereocenters. The topological polar surface area (TPSA) is 79.3 Å². The lowest BCUT2D eigenvalue weighted by molar-refractivity contribution is -0.539. The van der Waals surface area contributed by atoms with Crippen LogP contribution >= 0.6 is 0 Å². The van der Waals surface area contributed by atoms with Crippen LogP contribution in [0.2, 0.25) is 0 Å². The largest absolute Gasteiger partial charge is 0.508 e. The van der Waals surface area contributed by atoms with Crippen LogP contribution in [-0.2, 0) is 11.8 Å². The standard InChI is InChI=1S/C36H45N3O3/c1-36(2,3)28-23-26(13-11-20-39-22-12-21-38-19-10-4-5-18-33(38)39)35(42)27(24-28)25-37-34(29-14-6-8-16-31(29)40)30-15-7-9-17-32(30)41/h6-9,14-17,23-25,34H,4-5,10-13,18-22H2,1-3H3,(H2-,37,40,41,42)/p+1. The first kappa shape index (κ1) is 29.7. The van der Waals surface area contributed by atoms with Crippen molar-refractivity contribution in [1.29, 1.82) is 0 Å². The molecule has 3 aromatic rings. The number of rotatable bonds is 8. The summed E-state index contributed by atoms with van der Waals surface area (Å²) >= 11 is 0. The molecular weight excluding hydrogens is 522 g/mol. The second-order valence-corrected chi connectivity index (χ2v) is 12.8. The highest BCUT2D eigenvalue weighted by atomic mass is 16.3. The zero-order valence-corrected chi connectivity index (χ0v) is 25.4. The van der Waals surface area contributed by atoms with Gasteiger partial charge in [-0.15, -0.1) is 0 Å². The Morgan fingerprint density at radius 3 is 2.21 bits per heavy atom. The Labute approximate surface area is 250 Å². The van der Waals surface area contributed by atoms with Crippen molar-refractivity contribution in [3.63, 3.8) is 0 Å². The first-order valence-corrected chi connectivity index (χ1v) is 15.5. The molecule has 2 heterocycles. The maximum atomic E-state index is 11.5. The van der Waals surface area contributed by atoms with Crippen molar-refractivity contribution in [3.8, 4) is 17.2 Å². The molecule has 222 valence electrons. The molecule has 42 heavy (non-hydrogen) atoms. The van der Waals surface area contributed by atoms with Crippen LogP contribution in [0.5, 0.6) is 17.2 Å². The molecule has 0 bridgehead atoms. The smallest absolute Gasteiger partial charge is 0.246 e. The number of phenolic OH excluding ortho intramolecular Hbond substituents is 3. The van der Waals surface area contributed by atoms with Gasteiger partial charge in [0, 0.05) is 35.7 Å². The van der Waals surface area contributed by atoms with Gasteiger partial charge in [0.2, 0.25) is 5.84 Å². The molecule has 0 aromatic heterocycles. The van der Waals surface area contributed by atoms with Crippen LogP contribution in [0.4, 0.5) is 0 Å². The summed E-state index contributed by atoms with van der Waals surface area (Å²) in [6, 6.07) is 17.7. The van der Waals surface area contributed by atoms with E-state index in [0.29, 0.717) is 16.7 Å².